The van der Waals surface area contributed by atoms with Gasteiger partial charge in [-0.3, -0.25) is 4.90 Å². The number of nitrogens with zero attached hydrogens (tertiary/aromatic N) is 2. The third kappa shape index (κ3) is 1.74. The number of likely N-dealkylation sites (tertiary alicyclic amines) is 1. The molecule has 1 fully saturated rings. The highest BCUT2D eigenvalue weighted by molar-refractivity contribution is 7.11. The standard InChI is InChI=1S/C9H13FN2S/c1-6(12-4-8(10)5-12)9-3-11-7(2)13-9/h3,6,8H,4-5H2,1-2H3. The second-order valence-electron chi connectivity index (χ2n) is 3.51. The normalized spacial score (nSPS) is 21.5. The summed E-state index contributed by atoms with van der Waals surface area (Å²) in [4.78, 5) is 7.57. The number of halogens is 1. The first-order valence-corrected chi connectivity index (χ1v) is 5.29. The Morgan fingerprint density at radius 3 is 2.85 bits per heavy atom. The molecule has 1 saturated heterocycles. The molecule has 0 N–H and O–H groups in total. The second kappa shape index (κ2) is 3.35. The molecule has 2 nitrogen and oxygen atoms in total. The largest absolute Gasteiger partial charge is 0.290 e. The zero-order valence-corrected chi connectivity index (χ0v) is 8.64. The summed E-state index contributed by atoms with van der Waals surface area (Å²) in [6.45, 7) is 5.27. The minimum atomic E-state index is -0.614. The molecule has 72 valence electrons. The van der Waals surface area contributed by atoms with Crippen molar-refractivity contribution in [2.24, 2.45) is 0 Å². The van der Waals surface area contributed by atoms with Gasteiger partial charge in [0.1, 0.15) is 6.17 Å². The highest BCUT2D eigenvalue weighted by Gasteiger charge is 2.31. The van der Waals surface area contributed by atoms with Gasteiger partial charge in [-0.2, -0.15) is 0 Å². The van der Waals surface area contributed by atoms with E-state index in [4.69, 9.17) is 0 Å². The first kappa shape index (κ1) is 9.09. The van der Waals surface area contributed by atoms with Crippen LogP contribution < -0.4 is 0 Å². The van der Waals surface area contributed by atoms with Gasteiger partial charge < -0.3 is 0 Å². The lowest BCUT2D eigenvalue weighted by Crippen LogP contribution is -2.49. The van der Waals surface area contributed by atoms with Crippen LogP contribution in [0.2, 0.25) is 0 Å². The molecule has 0 aliphatic carbocycles. The lowest BCUT2D eigenvalue weighted by molar-refractivity contribution is 0.0342. The maximum atomic E-state index is 12.6. The summed E-state index contributed by atoms with van der Waals surface area (Å²) in [7, 11) is 0. The average molecular weight is 200 g/mol. The fourth-order valence-corrected chi connectivity index (χ4v) is 2.39. The van der Waals surface area contributed by atoms with Gasteiger partial charge in [-0.15, -0.1) is 11.3 Å². The Morgan fingerprint density at radius 1 is 1.69 bits per heavy atom. The molecular formula is C9H13FN2S. The lowest BCUT2D eigenvalue weighted by atomic mass is 10.1. The van der Waals surface area contributed by atoms with Gasteiger partial charge in [-0.25, -0.2) is 9.37 Å². The van der Waals surface area contributed by atoms with E-state index in [-0.39, 0.29) is 0 Å². The van der Waals surface area contributed by atoms with Gasteiger partial charge >= 0.3 is 0 Å². The fourth-order valence-electron chi connectivity index (χ4n) is 1.52. The molecule has 2 rings (SSSR count). The van der Waals surface area contributed by atoms with Gasteiger partial charge in [0.25, 0.3) is 0 Å². The van der Waals surface area contributed by atoms with Crippen molar-refractivity contribution in [3.05, 3.63) is 16.1 Å². The summed E-state index contributed by atoms with van der Waals surface area (Å²) in [6.07, 6.45) is 1.28. The van der Waals surface area contributed by atoms with Crippen LogP contribution in [0.5, 0.6) is 0 Å². The molecule has 0 radical (unpaired) electrons. The molecular weight excluding hydrogens is 187 g/mol. The molecule has 1 aromatic rings. The zero-order valence-electron chi connectivity index (χ0n) is 7.83. The quantitative estimate of drug-likeness (QED) is 0.727. The van der Waals surface area contributed by atoms with Crippen LogP contribution in [0.25, 0.3) is 0 Å². The number of thiazole rings is 1. The van der Waals surface area contributed by atoms with E-state index in [1.54, 1.807) is 11.3 Å². The van der Waals surface area contributed by atoms with Crippen LogP contribution in [0.15, 0.2) is 6.20 Å². The third-order valence-electron chi connectivity index (χ3n) is 2.46. The van der Waals surface area contributed by atoms with Crippen LogP contribution >= 0.6 is 11.3 Å². The van der Waals surface area contributed by atoms with Crippen molar-refractivity contribution in [1.29, 1.82) is 0 Å². The van der Waals surface area contributed by atoms with E-state index in [0.717, 1.165) is 5.01 Å². The van der Waals surface area contributed by atoms with Gasteiger partial charge in [-0.1, -0.05) is 0 Å². The number of hydrogen-bond acceptors (Lipinski definition) is 3. The predicted molar refractivity (Wildman–Crippen MR) is 51.7 cm³/mol. The SMILES string of the molecule is Cc1ncc(C(C)N2CC(F)C2)s1. The Kier molecular flexibility index (Phi) is 2.34. The van der Waals surface area contributed by atoms with E-state index in [9.17, 15) is 4.39 Å². The molecule has 4 heteroatoms. The summed E-state index contributed by atoms with van der Waals surface area (Å²) < 4.78 is 12.6. The van der Waals surface area contributed by atoms with Crippen LogP contribution in [0.4, 0.5) is 4.39 Å². The van der Waals surface area contributed by atoms with Crippen LogP contribution in [0.3, 0.4) is 0 Å². The van der Waals surface area contributed by atoms with E-state index in [1.165, 1.54) is 4.88 Å². The predicted octanol–water partition coefficient (Wildman–Crippen LogP) is 2.17. The molecule has 13 heavy (non-hydrogen) atoms. The highest BCUT2D eigenvalue weighted by atomic mass is 32.1. The number of aromatic nitrogens is 1. The summed E-state index contributed by atoms with van der Waals surface area (Å²) >= 11 is 1.70. The van der Waals surface area contributed by atoms with Gasteiger partial charge in [0, 0.05) is 30.2 Å². The van der Waals surface area contributed by atoms with E-state index in [2.05, 4.69) is 16.8 Å². The summed E-state index contributed by atoms with van der Waals surface area (Å²) in [6, 6.07) is 0.332. The molecule has 1 aliphatic rings. The van der Waals surface area contributed by atoms with Crippen molar-refractivity contribution in [3.8, 4) is 0 Å². The molecule has 0 amide bonds. The number of aryl methyl sites for hydroxylation is 1. The zero-order chi connectivity index (χ0) is 9.42. The Bertz CT molecular complexity index is 294. The van der Waals surface area contributed by atoms with E-state index < -0.39 is 6.17 Å². The Labute approximate surface area is 81.4 Å². The number of alkyl halides is 1. The lowest BCUT2D eigenvalue weighted by Gasteiger charge is -2.38. The molecule has 0 saturated carbocycles. The topological polar surface area (TPSA) is 16.1 Å². The van der Waals surface area contributed by atoms with Crippen molar-refractivity contribution in [3.63, 3.8) is 0 Å². The monoisotopic (exact) mass is 200 g/mol. The van der Waals surface area contributed by atoms with Crippen molar-refractivity contribution >= 4 is 11.3 Å². The van der Waals surface area contributed by atoms with Crippen molar-refractivity contribution in [2.45, 2.75) is 26.1 Å². The summed E-state index contributed by atoms with van der Waals surface area (Å²) in [5, 5.41) is 1.08. The fraction of sp³-hybridized carbons (Fsp3) is 0.667. The second-order valence-corrected chi connectivity index (χ2v) is 4.78. The van der Waals surface area contributed by atoms with E-state index in [0.29, 0.717) is 19.1 Å². The molecule has 0 spiro atoms. The van der Waals surface area contributed by atoms with Gasteiger partial charge in [0.05, 0.1) is 5.01 Å². The van der Waals surface area contributed by atoms with Crippen LogP contribution in [0.1, 0.15) is 22.9 Å². The summed E-state index contributed by atoms with van der Waals surface area (Å²) in [5.74, 6) is 0. The van der Waals surface area contributed by atoms with Gasteiger partial charge in [0.15, 0.2) is 0 Å². The molecule has 1 aliphatic heterocycles. The number of hydrogen-bond donors (Lipinski definition) is 0. The van der Waals surface area contributed by atoms with E-state index in [1.807, 2.05) is 13.1 Å². The van der Waals surface area contributed by atoms with Crippen LogP contribution in [-0.2, 0) is 0 Å². The van der Waals surface area contributed by atoms with Crippen molar-refractivity contribution in [2.75, 3.05) is 13.1 Å². The molecule has 1 unspecified atom stereocenters. The Balaban J connectivity index is 2.01. The average Bonchev–Trinajstić information content (AvgIpc) is 2.45. The van der Waals surface area contributed by atoms with Gasteiger partial charge in [-0.05, 0) is 13.8 Å². The molecule has 0 aromatic carbocycles. The maximum absolute atomic E-state index is 12.6. The van der Waals surface area contributed by atoms with E-state index >= 15 is 0 Å². The molecule has 2 heterocycles. The van der Waals surface area contributed by atoms with Crippen molar-refractivity contribution < 1.29 is 4.39 Å². The maximum Gasteiger partial charge on any atom is 0.125 e. The Hall–Kier alpha value is -0.480. The molecule has 0 bridgehead atoms. The van der Waals surface area contributed by atoms with Crippen LogP contribution in [-0.4, -0.2) is 29.1 Å². The third-order valence-corrected chi connectivity index (χ3v) is 3.55. The smallest absolute Gasteiger partial charge is 0.125 e. The minimum Gasteiger partial charge on any atom is -0.290 e. The first-order chi connectivity index (χ1) is 6.16. The van der Waals surface area contributed by atoms with Gasteiger partial charge in [0.2, 0.25) is 0 Å². The first-order valence-electron chi connectivity index (χ1n) is 4.47. The molecule has 1 atom stereocenters. The Morgan fingerprint density at radius 2 is 2.38 bits per heavy atom. The number of rotatable bonds is 2. The highest BCUT2D eigenvalue weighted by Crippen LogP contribution is 2.29. The van der Waals surface area contributed by atoms with Crippen LogP contribution in [0, 0.1) is 6.92 Å². The van der Waals surface area contributed by atoms with Crippen molar-refractivity contribution in [1.82, 2.24) is 9.88 Å². The minimum absolute atomic E-state index is 0.332. The molecule has 1 aromatic heterocycles. The summed E-state index contributed by atoms with van der Waals surface area (Å²) in [5.41, 5.74) is 0.